The molecule has 0 heterocycles. The average Bonchev–Trinajstić information content (AvgIpc) is 2.40. The maximum absolute atomic E-state index is 12.5. The molecule has 0 radical (unpaired) electrons. The van der Waals surface area contributed by atoms with E-state index in [1.54, 1.807) is 29.2 Å². The van der Waals surface area contributed by atoms with Crippen LogP contribution in [0.1, 0.15) is 31.1 Å². The van der Waals surface area contributed by atoms with Crippen molar-refractivity contribution >= 4 is 11.6 Å². The van der Waals surface area contributed by atoms with Crippen molar-refractivity contribution in [2.75, 3.05) is 18.4 Å². The van der Waals surface area contributed by atoms with Gasteiger partial charge in [0.05, 0.1) is 6.04 Å². The highest BCUT2D eigenvalue weighted by atomic mass is 19.3. The molecule has 0 bridgehead atoms. The van der Waals surface area contributed by atoms with Crippen molar-refractivity contribution in [2.24, 2.45) is 0 Å². The van der Waals surface area contributed by atoms with Gasteiger partial charge < -0.3 is 10.2 Å². The molecule has 0 saturated heterocycles. The molecular weight excluding hydrogens is 250 g/mol. The molecule has 0 aliphatic rings. The van der Waals surface area contributed by atoms with Gasteiger partial charge in [-0.25, -0.2) is 8.78 Å². The quantitative estimate of drug-likeness (QED) is 0.860. The lowest BCUT2D eigenvalue weighted by Crippen LogP contribution is -2.30. The van der Waals surface area contributed by atoms with E-state index in [2.05, 4.69) is 5.32 Å². The highest BCUT2D eigenvalue weighted by molar-refractivity contribution is 5.95. The van der Waals surface area contributed by atoms with Crippen molar-refractivity contribution < 1.29 is 13.6 Å². The van der Waals surface area contributed by atoms with Crippen molar-refractivity contribution in [3.8, 4) is 0 Å². The predicted octanol–water partition coefficient (Wildman–Crippen LogP) is 3.23. The molecule has 3 nitrogen and oxygen atoms in total. The Bertz CT molecular complexity index is 420. The molecule has 5 heteroatoms. The van der Waals surface area contributed by atoms with Crippen LogP contribution >= 0.6 is 0 Å². The first-order chi connectivity index (χ1) is 8.99. The van der Waals surface area contributed by atoms with Crippen LogP contribution in [0.25, 0.3) is 0 Å². The molecule has 1 atom stereocenters. The summed E-state index contributed by atoms with van der Waals surface area (Å²) in [7, 11) is 0. The van der Waals surface area contributed by atoms with E-state index in [0.717, 1.165) is 0 Å². The molecule has 1 N–H and O–H groups in total. The van der Waals surface area contributed by atoms with Gasteiger partial charge in [-0.2, -0.15) is 0 Å². The highest BCUT2D eigenvalue weighted by Crippen LogP contribution is 2.15. The molecule has 0 saturated carbocycles. The standard InChI is InChI=1S/C14H20F2N2O/c1-4-18(5-2)14(19)11-7-6-8-12(9-11)17-10(3)13(15)16/h6-10,13,17H,4-5H2,1-3H3. The largest absolute Gasteiger partial charge is 0.377 e. The van der Waals surface area contributed by atoms with Crippen LogP contribution in [-0.4, -0.2) is 36.4 Å². The third-order valence-electron chi connectivity index (χ3n) is 2.93. The number of alkyl halides is 2. The Morgan fingerprint density at radius 3 is 2.47 bits per heavy atom. The predicted molar refractivity (Wildman–Crippen MR) is 72.8 cm³/mol. The summed E-state index contributed by atoms with van der Waals surface area (Å²) in [5, 5.41) is 2.69. The van der Waals surface area contributed by atoms with E-state index < -0.39 is 12.5 Å². The number of halogens is 2. The lowest BCUT2D eigenvalue weighted by Gasteiger charge is -2.19. The normalized spacial score (nSPS) is 12.3. The van der Waals surface area contributed by atoms with E-state index in [1.807, 2.05) is 13.8 Å². The van der Waals surface area contributed by atoms with Gasteiger partial charge in [-0.15, -0.1) is 0 Å². The Labute approximate surface area is 112 Å². The number of anilines is 1. The molecule has 0 aromatic heterocycles. The van der Waals surface area contributed by atoms with Gasteiger partial charge in [0.2, 0.25) is 0 Å². The lowest BCUT2D eigenvalue weighted by molar-refractivity contribution is 0.0773. The van der Waals surface area contributed by atoms with Crippen molar-refractivity contribution in [1.29, 1.82) is 0 Å². The van der Waals surface area contributed by atoms with Gasteiger partial charge in [0, 0.05) is 24.3 Å². The molecule has 0 aliphatic heterocycles. The molecule has 106 valence electrons. The fourth-order valence-electron chi connectivity index (χ4n) is 1.76. The van der Waals surface area contributed by atoms with Crippen molar-refractivity contribution in [2.45, 2.75) is 33.2 Å². The maximum Gasteiger partial charge on any atom is 0.258 e. The fourth-order valence-corrected chi connectivity index (χ4v) is 1.76. The molecular formula is C14H20F2N2O. The van der Waals surface area contributed by atoms with Crippen LogP contribution in [0.4, 0.5) is 14.5 Å². The minimum atomic E-state index is -2.44. The molecule has 1 unspecified atom stereocenters. The van der Waals surface area contributed by atoms with Gasteiger partial charge >= 0.3 is 0 Å². The highest BCUT2D eigenvalue weighted by Gasteiger charge is 2.16. The van der Waals surface area contributed by atoms with E-state index in [0.29, 0.717) is 24.3 Å². The number of hydrogen-bond donors (Lipinski definition) is 1. The first-order valence-corrected chi connectivity index (χ1v) is 6.43. The van der Waals surface area contributed by atoms with E-state index in [4.69, 9.17) is 0 Å². The second-order valence-corrected chi connectivity index (χ2v) is 4.33. The first-order valence-electron chi connectivity index (χ1n) is 6.43. The fraction of sp³-hybridized carbons (Fsp3) is 0.500. The molecule has 0 fully saturated rings. The van der Waals surface area contributed by atoms with Crippen LogP contribution in [0.3, 0.4) is 0 Å². The Morgan fingerprint density at radius 1 is 1.32 bits per heavy atom. The third kappa shape index (κ3) is 4.19. The average molecular weight is 270 g/mol. The summed E-state index contributed by atoms with van der Waals surface area (Å²) in [6.07, 6.45) is -2.44. The zero-order valence-corrected chi connectivity index (χ0v) is 11.5. The molecule has 1 rings (SSSR count). The van der Waals surface area contributed by atoms with Gasteiger partial charge in [-0.3, -0.25) is 4.79 Å². The molecule has 1 aromatic carbocycles. The zero-order chi connectivity index (χ0) is 14.4. The Balaban J connectivity index is 2.85. The minimum absolute atomic E-state index is 0.0849. The van der Waals surface area contributed by atoms with Crippen LogP contribution in [-0.2, 0) is 0 Å². The van der Waals surface area contributed by atoms with E-state index >= 15 is 0 Å². The minimum Gasteiger partial charge on any atom is -0.377 e. The Hall–Kier alpha value is -1.65. The monoisotopic (exact) mass is 270 g/mol. The van der Waals surface area contributed by atoms with E-state index in [9.17, 15) is 13.6 Å². The summed E-state index contributed by atoms with van der Waals surface area (Å²) in [4.78, 5) is 13.8. The number of carbonyl (C=O) groups is 1. The summed E-state index contributed by atoms with van der Waals surface area (Å²) in [6, 6.07) is 5.73. The van der Waals surface area contributed by atoms with Gasteiger partial charge in [0.25, 0.3) is 12.3 Å². The van der Waals surface area contributed by atoms with E-state index in [1.165, 1.54) is 6.92 Å². The second kappa shape index (κ2) is 7.07. The zero-order valence-electron chi connectivity index (χ0n) is 11.5. The molecule has 19 heavy (non-hydrogen) atoms. The SMILES string of the molecule is CCN(CC)C(=O)c1cccc(NC(C)C(F)F)c1. The number of rotatable bonds is 6. The van der Waals surface area contributed by atoms with Crippen molar-refractivity contribution in [3.05, 3.63) is 29.8 Å². The summed E-state index contributed by atoms with van der Waals surface area (Å²) < 4.78 is 24.9. The second-order valence-electron chi connectivity index (χ2n) is 4.33. The molecule has 0 aliphatic carbocycles. The molecule has 1 aromatic rings. The third-order valence-corrected chi connectivity index (χ3v) is 2.93. The van der Waals surface area contributed by atoms with Crippen LogP contribution < -0.4 is 5.32 Å². The summed E-state index contributed by atoms with van der Waals surface area (Å²) in [5.74, 6) is -0.0849. The molecule has 1 amide bonds. The topological polar surface area (TPSA) is 32.3 Å². The number of benzene rings is 1. The summed E-state index contributed by atoms with van der Waals surface area (Å²) >= 11 is 0. The van der Waals surface area contributed by atoms with Crippen LogP contribution in [0.2, 0.25) is 0 Å². The van der Waals surface area contributed by atoms with Gasteiger partial charge in [-0.05, 0) is 39.0 Å². The summed E-state index contributed by atoms with van der Waals surface area (Å²) in [5.41, 5.74) is 1.04. The van der Waals surface area contributed by atoms with Crippen LogP contribution in [0.15, 0.2) is 24.3 Å². The Morgan fingerprint density at radius 2 is 1.95 bits per heavy atom. The molecule has 0 spiro atoms. The first kappa shape index (κ1) is 15.4. The number of carbonyl (C=O) groups excluding carboxylic acids is 1. The number of nitrogens with zero attached hydrogens (tertiary/aromatic N) is 1. The van der Waals surface area contributed by atoms with Crippen molar-refractivity contribution in [3.63, 3.8) is 0 Å². The number of nitrogens with one attached hydrogen (secondary N) is 1. The smallest absolute Gasteiger partial charge is 0.258 e. The van der Waals surface area contributed by atoms with Crippen LogP contribution in [0.5, 0.6) is 0 Å². The Kier molecular flexibility index (Phi) is 5.73. The van der Waals surface area contributed by atoms with Gasteiger partial charge in [0.1, 0.15) is 0 Å². The number of amides is 1. The van der Waals surface area contributed by atoms with Gasteiger partial charge in [-0.1, -0.05) is 6.07 Å². The number of hydrogen-bond acceptors (Lipinski definition) is 2. The van der Waals surface area contributed by atoms with Crippen molar-refractivity contribution in [1.82, 2.24) is 4.90 Å². The summed E-state index contributed by atoms with van der Waals surface area (Å²) in [6.45, 7) is 6.47. The van der Waals surface area contributed by atoms with Gasteiger partial charge in [0.15, 0.2) is 0 Å². The van der Waals surface area contributed by atoms with Crippen LogP contribution in [0, 0.1) is 0 Å². The van der Waals surface area contributed by atoms with E-state index in [-0.39, 0.29) is 5.91 Å². The maximum atomic E-state index is 12.5. The lowest BCUT2D eigenvalue weighted by atomic mass is 10.1.